The average molecular weight is 415 g/mol. The monoisotopic (exact) mass is 412 g/mol. The van der Waals surface area contributed by atoms with Crippen LogP contribution in [-0.2, 0) is 11.8 Å². The molecular formula is C10H4Br2Cl2N2O2. The molecule has 0 saturated carbocycles. The highest BCUT2D eigenvalue weighted by Crippen LogP contribution is 2.39. The molecule has 0 unspecified atom stereocenters. The summed E-state index contributed by atoms with van der Waals surface area (Å²) in [6.45, 7) is 0. The molecule has 18 heavy (non-hydrogen) atoms. The summed E-state index contributed by atoms with van der Waals surface area (Å²) < 4.78 is 12.5. The zero-order valence-electron chi connectivity index (χ0n) is 8.64. The predicted molar refractivity (Wildman–Crippen MR) is 76.1 cm³/mol. The van der Waals surface area contributed by atoms with Gasteiger partial charge in [-0.2, -0.15) is 0 Å². The zero-order chi connectivity index (χ0) is 12.9. The zero-order valence-corrected chi connectivity index (χ0v) is 13.3. The first-order chi connectivity index (χ1) is 8.65. The van der Waals surface area contributed by atoms with Gasteiger partial charge in [-0.1, -0.05) is 0 Å². The number of hydrogen-bond donors (Lipinski definition) is 0. The summed E-state index contributed by atoms with van der Waals surface area (Å²) in [6, 6.07) is 0. The lowest BCUT2D eigenvalue weighted by molar-refractivity contribution is 0.552. The van der Waals surface area contributed by atoms with Crippen LogP contribution in [0.1, 0.15) is 11.8 Å². The van der Waals surface area contributed by atoms with E-state index in [-0.39, 0.29) is 11.8 Å². The maximum atomic E-state index is 5.71. The summed E-state index contributed by atoms with van der Waals surface area (Å²) in [5.41, 5.74) is 2.45. The van der Waals surface area contributed by atoms with Crippen LogP contribution in [0.3, 0.4) is 0 Å². The molecule has 1 aromatic carbocycles. The minimum Gasteiger partial charge on any atom is -0.438 e. The Kier molecular flexibility index (Phi) is 3.30. The highest BCUT2D eigenvalue weighted by molar-refractivity contribution is 9.11. The number of oxazole rings is 2. The maximum Gasteiger partial charge on any atom is 0.210 e. The molecule has 0 aliphatic heterocycles. The normalized spacial score (nSPS) is 11.8. The minimum atomic E-state index is 0.204. The molecular weight excluding hydrogens is 411 g/mol. The molecule has 0 bridgehead atoms. The Balaban J connectivity index is 2.46. The first-order valence-electron chi connectivity index (χ1n) is 4.83. The lowest BCUT2D eigenvalue weighted by Gasteiger charge is -1.95. The van der Waals surface area contributed by atoms with Crippen molar-refractivity contribution in [1.29, 1.82) is 0 Å². The van der Waals surface area contributed by atoms with Crippen LogP contribution in [0.25, 0.3) is 22.2 Å². The van der Waals surface area contributed by atoms with Crippen molar-refractivity contribution in [2.75, 3.05) is 0 Å². The number of aromatic nitrogens is 2. The predicted octanol–water partition coefficient (Wildman–Crippen LogP) is 4.97. The fourth-order valence-electron chi connectivity index (χ4n) is 1.65. The highest BCUT2D eigenvalue weighted by Gasteiger charge is 2.21. The van der Waals surface area contributed by atoms with Gasteiger partial charge < -0.3 is 8.83 Å². The summed E-state index contributed by atoms with van der Waals surface area (Å²) in [6.07, 6.45) is 0. The van der Waals surface area contributed by atoms with Crippen LogP contribution in [0.2, 0.25) is 0 Å². The van der Waals surface area contributed by atoms with E-state index in [1.807, 2.05) is 0 Å². The fourth-order valence-corrected chi connectivity index (χ4v) is 2.96. The van der Waals surface area contributed by atoms with Gasteiger partial charge >= 0.3 is 0 Å². The quantitative estimate of drug-likeness (QED) is 0.555. The van der Waals surface area contributed by atoms with Crippen molar-refractivity contribution in [3.8, 4) is 0 Å². The van der Waals surface area contributed by atoms with Crippen LogP contribution >= 0.6 is 55.1 Å². The third kappa shape index (κ3) is 1.78. The molecule has 2 heterocycles. The molecule has 3 rings (SSSR count). The van der Waals surface area contributed by atoms with E-state index in [1.54, 1.807) is 0 Å². The Morgan fingerprint density at radius 2 is 1.22 bits per heavy atom. The number of fused-ring (bicyclic) bond motifs is 2. The van der Waals surface area contributed by atoms with Gasteiger partial charge in [-0.05, 0) is 31.9 Å². The van der Waals surface area contributed by atoms with Gasteiger partial charge in [0.05, 0.1) is 20.7 Å². The standard InChI is InChI=1S/C10H4Br2Cl2N2O2/c11-5-7-9(17-3(1-13)15-7)6(12)8-10(5)18-4(2-14)16-8/h1-2H2. The second kappa shape index (κ2) is 4.67. The van der Waals surface area contributed by atoms with Crippen molar-refractivity contribution in [2.45, 2.75) is 11.8 Å². The maximum absolute atomic E-state index is 5.71. The Morgan fingerprint density at radius 3 is 1.56 bits per heavy atom. The molecule has 0 amide bonds. The van der Waals surface area contributed by atoms with Crippen LogP contribution < -0.4 is 0 Å². The van der Waals surface area contributed by atoms with Gasteiger partial charge in [0.15, 0.2) is 11.2 Å². The number of halogens is 4. The molecule has 0 atom stereocenters. The summed E-state index contributed by atoms with van der Waals surface area (Å²) >= 11 is 18.3. The summed E-state index contributed by atoms with van der Waals surface area (Å²) in [5, 5.41) is 0. The van der Waals surface area contributed by atoms with Gasteiger partial charge in [0.2, 0.25) is 11.8 Å². The summed E-state index contributed by atoms with van der Waals surface area (Å²) in [4.78, 5) is 8.56. The van der Waals surface area contributed by atoms with Gasteiger partial charge in [-0.15, -0.1) is 23.2 Å². The molecule has 0 aliphatic rings. The Morgan fingerprint density at radius 1 is 0.833 bits per heavy atom. The minimum absolute atomic E-state index is 0.204. The Hall–Kier alpha value is -0.300. The second-order valence-corrected chi connectivity index (χ2v) is 5.59. The average Bonchev–Trinajstić information content (AvgIpc) is 3.00. The van der Waals surface area contributed by atoms with E-state index in [4.69, 9.17) is 32.0 Å². The molecule has 3 aromatic rings. The number of hydrogen-bond acceptors (Lipinski definition) is 4. The first-order valence-corrected chi connectivity index (χ1v) is 7.49. The third-order valence-electron chi connectivity index (χ3n) is 2.39. The smallest absolute Gasteiger partial charge is 0.210 e. The van der Waals surface area contributed by atoms with E-state index in [0.717, 1.165) is 0 Å². The lowest BCUT2D eigenvalue weighted by atomic mass is 10.3. The molecule has 0 fully saturated rings. The van der Waals surface area contributed by atoms with Crippen molar-refractivity contribution >= 4 is 77.3 Å². The van der Waals surface area contributed by atoms with E-state index in [0.29, 0.717) is 42.9 Å². The van der Waals surface area contributed by atoms with E-state index in [2.05, 4.69) is 41.8 Å². The largest absolute Gasteiger partial charge is 0.438 e. The van der Waals surface area contributed by atoms with E-state index in [9.17, 15) is 0 Å². The molecule has 0 radical (unpaired) electrons. The number of nitrogens with zero attached hydrogens (tertiary/aromatic N) is 2. The van der Waals surface area contributed by atoms with Crippen LogP contribution in [0, 0.1) is 0 Å². The summed E-state index contributed by atoms with van der Waals surface area (Å²) in [7, 11) is 0. The van der Waals surface area contributed by atoms with Crippen molar-refractivity contribution in [3.05, 3.63) is 20.7 Å². The highest BCUT2D eigenvalue weighted by atomic mass is 79.9. The lowest BCUT2D eigenvalue weighted by Crippen LogP contribution is -1.79. The number of alkyl halides is 2. The van der Waals surface area contributed by atoms with Crippen LogP contribution in [0.15, 0.2) is 17.8 Å². The van der Waals surface area contributed by atoms with E-state index < -0.39 is 0 Å². The molecule has 0 saturated heterocycles. The number of benzene rings is 1. The fraction of sp³-hybridized carbons (Fsp3) is 0.200. The molecule has 0 spiro atoms. The Labute approximate surface area is 128 Å². The second-order valence-electron chi connectivity index (χ2n) is 3.47. The van der Waals surface area contributed by atoms with Gasteiger partial charge in [-0.25, -0.2) is 9.97 Å². The van der Waals surface area contributed by atoms with Crippen molar-refractivity contribution < 1.29 is 8.83 Å². The molecule has 0 N–H and O–H groups in total. The molecule has 8 heteroatoms. The molecule has 94 valence electrons. The van der Waals surface area contributed by atoms with Crippen LogP contribution in [0.4, 0.5) is 0 Å². The molecule has 0 aliphatic carbocycles. The number of rotatable bonds is 2. The van der Waals surface area contributed by atoms with E-state index in [1.165, 1.54) is 0 Å². The van der Waals surface area contributed by atoms with Crippen LogP contribution in [-0.4, -0.2) is 9.97 Å². The van der Waals surface area contributed by atoms with E-state index >= 15 is 0 Å². The SMILES string of the molecule is ClCc1nc2c(Br)c3oc(CCl)nc3c(Br)c2o1. The van der Waals surface area contributed by atoms with Crippen LogP contribution in [0.5, 0.6) is 0 Å². The Bertz CT molecular complexity index is 637. The summed E-state index contributed by atoms with van der Waals surface area (Å²) in [5.74, 6) is 1.29. The molecule has 2 aromatic heterocycles. The van der Waals surface area contributed by atoms with Crippen molar-refractivity contribution in [1.82, 2.24) is 9.97 Å². The first kappa shape index (κ1) is 12.7. The third-order valence-corrected chi connectivity index (χ3v) is 4.31. The van der Waals surface area contributed by atoms with Gasteiger partial charge in [0.25, 0.3) is 0 Å². The molecule has 4 nitrogen and oxygen atoms in total. The van der Waals surface area contributed by atoms with Gasteiger partial charge in [-0.3, -0.25) is 0 Å². The van der Waals surface area contributed by atoms with Gasteiger partial charge in [0, 0.05) is 0 Å². The van der Waals surface area contributed by atoms with Crippen molar-refractivity contribution in [2.24, 2.45) is 0 Å². The topological polar surface area (TPSA) is 52.1 Å². The van der Waals surface area contributed by atoms with Crippen molar-refractivity contribution in [3.63, 3.8) is 0 Å². The van der Waals surface area contributed by atoms with Gasteiger partial charge in [0.1, 0.15) is 11.0 Å².